The van der Waals surface area contributed by atoms with Crippen LogP contribution in [0, 0.1) is 5.92 Å². The zero-order valence-corrected chi connectivity index (χ0v) is 30.8. The van der Waals surface area contributed by atoms with E-state index in [9.17, 15) is 19.5 Å². The van der Waals surface area contributed by atoms with E-state index in [-0.39, 0.29) is 29.8 Å². The number of fused-ring (bicyclic) bond motifs is 2. The third-order valence-electron chi connectivity index (χ3n) is 12.7. The van der Waals surface area contributed by atoms with Gasteiger partial charge in [0.1, 0.15) is 11.5 Å². The highest BCUT2D eigenvalue weighted by Crippen LogP contribution is 2.47. The summed E-state index contributed by atoms with van der Waals surface area (Å²) in [4.78, 5) is 56.4. The number of piperidine rings is 1. The Morgan fingerprint density at radius 2 is 1.50 bits per heavy atom. The van der Waals surface area contributed by atoms with Gasteiger partial charge in [-0.05, 0) is 102 Å². The van der Waals surface area contributed by atoms with E-state index in [4.69, 9.17) is 9.97 Å². The minimum absolute atomic E-state index is 0.0217. The highest BCUT2D eigenvalue weighted by molar-refractivity contribution is 6.07. The molecule has 1 saturated carbocycles. The lowest BCUT2D eigenvalue weighted by atomic mass is 9.70. The van der Waals surface area contributed by atoms with Crippen LogP contribution in [-0.2, 0) is 22.6 Å². The van der Waals surface area contributed by atoms with E-state index in [1.54, 1.807) is 11.0 Å². The Bertz CT molecular complexity index is 2040. The Morgan fingerprint density at radius 3 is 2.26 bits per heavy atom. The molecule has 3 fully saturated rings. The van der Waals surface area contributed by atoms with E-state index >= 15 is 0 Å². The van der Waals surface area contributed by atoms with Crippen molar-refractivity contribution in [3.8, 4) is 5.75 Å². The lowest BCUT2D eigenvalue weighted by molar-refractivity contribution is -0.133. The summed E-state index contributed by atoms with van der Waals surface area (Å²) in [6, 6.07) is 22.2. The van der Waals surface area contributed by atoms with Crippen molar-refractivity contribution in [3.63, 3.8) is 0 Å². The number of amides is 1. The number of hydrogen-bond donors (Lipinski definition) is 1. The van der Waals surface area contributed by atoms with Gasteiger partial charge in [-0.15, -0.1) is 0 Å². The van der Waals surface area contributed by atoms with Crippen LogP contribution in [0.5, 0.6) is 5.75 Å². The monoisotopic (exact) mass is 724 g/mol. The van der Waals surface area contributed by atoms with Gasteiger partial charge in [-0.3, -0.25) is 19.3 Å². The van der Waals surface area contributed by atoms with Gasteiger partial charge in [-0.1, -0.05) is 36.4 Å². The molecule has 3 aliphatic heterocycles. The molecule has 1 unspecified atom stereocenters. The second-order valence-electron chi connectivity index (χ2n) is 16.0. The third kappa shape index (κ3) is 6.76. The average Bonchev–Trinajstić information content (AvgIpc) is 3.53. The van der Waals surface area contributed by atoms with Gasteiger partial charge < -0.3 is 19.8 Å². The molecule has 9 rings (SSSR count). The van der Waals surface area contributed by atoms with Gasteiger partial charge in [-0.25, -0.2) is 9.97 Å². The van der Waals surface area contributed by atoms with Crippen LogP contribution in [0.25, 0.3) is 0 Å². The summed E-state index contributed by atoms with van der Waals surface area (Å²) < 4.78 is 0. The smallest absolute Gasteiger partial charge is 0.255 e. The van der Waals surface area contributed by atoms with Gasteiger partial charge in [-0.2, -0.15) is 0 Å². The number of Topliss-reactive ketones (excluding diaryl/α,β-unsaturated/α-hetero) is 2. The highest BCUT2D eigenvalue weighted by atomic mass is 16.3. The van der Waals surface area contributed by atoms with Crippen molar-refractivity contribution in [2.24, 2.45) is 5.92 Å². The Hall–Kier alpha value is -5.09. The van der Waals surface area contributed by atoms with Crippen molar-refractivity contribution in [3.05, 3.63) is 113 Å². The zero-order chi connectivity index (χ0) is 36.8. The fraction of sp³-hybridized carbons (Fsp3) is 0.432. The lowest BCUT2D eigenvalue weighted by Gasteiger charge is -2.39. The summed E-state index contributed by atoms with van der Waals surface area (Å²) in [5.41, 5.74) is 7.72. The second kappa shape index (κ2) is 14.6. The van der Waals surface area contributed by atoms with Gasteiger partial charge in [0.15, 0.2) is 5.78 Å². The van der Waals surface area contributed by atoms with Crippen molar-refractivity contribution in [2.75, 3.05) is 55.6 Å². The maximum absolute atomic E-state index is 13.2. The lowest BCUT2D eigenvalue weighted by Crippen LogP contribution is -2.49. The Kier molecular flexibility index (Phi) is 9.39. The van der Waals surface area contributed by atoms with Crippen molar-refractivity contribution in [1.82, 2.24) is 19.8 Å². The number of aromatic hydroxyl groups is 1. The molecule has 10 nitrogen and oxygen atoms in total. The van der Waals surface area contributed by atoms with Crippen LogP contribution in [0.15, 0.2) is 79.1 Å². The zero-order valence-electron chi connectivity index (χ0n) is 30.8. The summed E-state index contributed by atoms with van der Waals surface area (Å²) >= 11 is 0. The number of benzene rings is 3. The third-order valence-corrected chi connectivity index (χ3v) is 12.7. The van der Waals surface area contributed by atoms with Crippen LogP contribution in [0.3, 0.4) is 0 Å². The van der Waals surface area contributed by atoms with Gasteiger partial charge >= 0.3 is 0 Å². The molecular weight excluding hydrogens is 677 g/mol. The predicted molar refractivity (Wildman–Crippen MR) is 207 cm³/mol. The largest absolute Gasteiger partial charge is 0.508 e. The minimum Gasteiger partial charge on any atom is -0.508 e. The van der Waals surface area contributed by atoms with Gasteiger partial charge in [0, 0.05) is 88.3 Å². The average molecular weight is 725 g/mol. The summed E-state index contributed by atoms with van der Waals surface area (Å²) in [6.45, 7) is 7.34. The quantitative estimate of drug-likeness (QED) is 0.239. The molecule has 0 spiro atoms. The molecule has 54 heavy (non-hydrogen) atoms. The predicted octanol–water partition coefficient (Wildman–Crippen LogP) is 5.73. The highest BCUT2D eigenvalue weighted by Gasteiger charge is 2.39. The summed E-state index contributed by atoms with van der Waals surface area (Å²) in [5.74, 6) is 2.00. The standard InChI is InChI=1S/C44H48N6O4/c51-35-8-12-38-31(23-35)6-10-37(30-4-2-1-3-5-30)42(38)33-25-45-44(46-26-33)49-16-14-29(15-17-49)27-47-18-20-48(21-19-47)34-7-11-39-32(22-34)28-50(43(39)54)40-13-9-36(52)24-41(40)53/h1-5,7-8,11-12,22-23,25-26,29,37,40,42,51H,6,9-10,13-21,24,27-28H2/t37-,40?,42+/m1/s1. The van der Waals surface area contributed by atoms with E-state index in [1.165, 1.54) is 16.7 Å². The first-order chi connectivity index (χ1) is 26.4. The summed E-state index contributed by atoms with van der Waals surface area (Å²) in [7, 11) is 0. The molecule has 4 heterocycles. The summed E-state index contributed by atoms with van der Waals surface area (Å²) in [6.07, 6.45) is 9.02. The second-order valence-corrected chi connectivity index (χ2v) is 16.0. The molecule has 4 aromatic rings. The van der Waals surface area contributed by atoms with E-state index in [0.29, 0.717) is 42.5 Å². The first kappa shape index (κ1) is 34.7. The van der Waals surface area contributed by atoms with E-state index in [1.807, 2.05) is 30.6 Å². The molecule has 2 aliphatic carbocycles. The maximum Gasteiger partial charge on any atom is 0.255 e. The Morgan fingerprint density at radius 1 is 0.722 bits per heavy atom. The normalized spacial score (nSPS) is 23.8. The van der Waals surface area contributed by atoms with Crippen molar-refractivity contribution >= 4 is 29.1 Å². The van der Waals surface area contributed by atoms with Crippen molar-refractivity contribution < 1.29 is 19.5 Å². The van der Waals surface area contributed by atoms with Crippen LogP contribution in [0.2, 0.25) is 0 Å². The Labute approximate surface area is 316 Å². The number of ketones is 2. The molecule has 3 aromatic carbocycles. The number of phenolic OH excluding ortho intramolecular Hbond substituents is 1. The molecular formula is C44H48N6O4. The molecule has 0 bridgehead atoms. The number of anilines is 2. The van der Waals surface area contributed by atoms with Crippen LogP contribution in [0.1, 0.15) is 88.5 Å². The molecule has 3 atom stereocenters. The number of aryl methyl sites for hydroxylation is 1. The molecule has 0 radical (unpaired) electrons. The SMILES string of the molecule is O=C1CCC(N2Cc3cc(N4CCN(CC5CCN(c6ncc([C@@H]7c8ccc(O)cc8CC[C@@H]7c7ccccc7)cn6)CC5)CC4)ccc3C2=O)C(=O)C1. The van der Waals surface area contributed by atoms with E-state index in [2.05, 4.69) is 57.2 Å². The van der Waals surface area contributed by atoms with Gasteiger partial charge in [0.25, 0.3) is 5.91 Å². The van der Waals surface area contributed by atoms with Crippen molar-refractivity contribution in [2.45, 2.75) is 69.4 Å². The minimum atomic E-state index is -0.481. The number of nitrogens with zero attached hydrogens (tertiary/aromatic N) is 6. The van der Waals surface area contributed by atoms with Gasteiger partial charge in [0.05, 0.1) is 12.5 Å². The molecule has 278 valence electrons. The number of phenols is 1. The summed E-state index contributed by atoms with van der Waals surface area (Å²) in [5, 5.41) is 10.2. The number of carbonyl (C=O) groups is 3. The fourth-order valence-corrected chi connectivity index (χ4v) is 9.77. The first-order valence-corrected chi connectivity index (χ1v) is 19.8. The number of hydrogen-bond acceptors (Lipinski definition) is 9. The molecule has 1 amide bonds. The number of carbonyl (C=O) groups excluding carboxylic acids is 3. The molecule has 1 N–H and O–H groups in total. The van der Waals surface area contributed by atoms with Crippen LogP contribution in [0.4, 0.5) is 11.6 Å². The topological polar surface area (TPSA) is 110 Å². The number of piperazine rings is 1. The molecule has 2 saturated heterocycles. The van der Waals surface area contributed by atoms with Crippen LogP contribution in [-0.4, -0.2) is 94.2 Å². The number of rotatable bonds is 7. The van der Waals surface area contributed by atoms with Crippen LogP contribution < -0.4 is 9.80 Å². The fourth-order valence-electron chi connectivity index (χ4n) is 9.77. The molecule has 1 aromatic heterocycles. The van der Waals surface area contributed by atoms with E-state index < -0.39 is 6.04 Å². The molecule has 5 aliphatic rings. The number of aromatic nitrogens is 2. The van der Waals surface area contributed by atoms with Crippen LogP contribution >= 0.6 is 0 Å². The molecule has 10 heteroatoms. The maximum atomic E-state index is 13.2. The van der Waals surface area contributed by atoms with Gasteiger partial charge in [0.2, 0.25) is 5.95 Å². The van der Waals surface area contributed by atoms with Crippen molar-refractivity contribution in [1.29, 1.82) is 0 Å². The Balaban J connectivity index is 0.780. The first-order valence-electron chi connectivity index (χ1n) is 19.8. The van der Waals surface area contributed by atoms with E-state index in [0.717, 1.165) is 94.3 Å².